The van der Waals surface area contributed by atoms with Crippen molar-refractivity contribution in [3.63, 3.8) is 0 Å². The summed E-state index contributed by atoms with van der Waals surface area (Å²) in [7, 11) is 0. The summed E-state index contributed by atoms with van der Waals surface area (Å²) in [6, 6.07) is 20.4. The van der Waals surface area contributed by atoms with Crippen LogP contribution in [-0.4, -0.2) is 6.21 Å². The Morgan fingerprint density at radius 1 is 1.00 bits per heavy atom. The maximum atomic E-state index is 5.62. The van der Waals surface area contributed by atoms with Gasteiger partial charge in [0.2, 0.25) is 0 Å². The fraction of sp³-hybridized carbons (Fsp3) is 0.211. The van der Waals surface area contributed by atoms with Gasteiger partial charge < -0.3 is 4.84 Å². The van der Waals surface area contributed by atoms with Crippen LogP contribution in [0.15, 0.2) is 71.9 Å². The molecule has 0 bridgehead atoms. The van der Waals surface area contributed by atoms with Crippen molar-refractivity contribution < 1.29 is 4.84 Å². The first-order valence-electron chi connectivity index (χ1n) is 7.36. The SMILES string of the molecule is CCC[C@H](O/N=C/C=C/c1ccccc1)c1ccccc1. The molecule has 2 heteroatoms. The summed E-state index contributed by atoms with van der Waals surface area (Å²) in [5.74, 6) is 0. The lowest BCUT2D eigenvalue weighted by atomic mass is 10.1. The van der Waals surface area contributed by atoms with Crippen LogP contribution in [0.4, 0.5) is 0 Å². The van der Waals surface area contributed by atoms with E-state index in [-0.39, 0.29) is 6.10 Å². The fourth-order valence-corrected chi connectivity index (χ4v) is 2.07. The van der Waals surface area contributed by atoms with E-state index in [1.807, 2.05) is 48.6 Å². The van der Waals surface area contributed by atoms with Crippen molar-refractivity contribution >= 4 is 12.3 Å². The highest BCUT2D eigenvalue weighted by atomic mass is 16.6. The van der Waals surface area contributed by atoms with Gasteiger partial charge >= 0.3 is 0 Å². The summed E-state index contributed by atoms with van der Waals surface area (Å²) in [5, 5.41) is 4.07. The molecule has 0 aliphatic heterocycles. The quantitative estimate of drug-likeness (QED) is 0.501. The van der Waals surface area contributed by atoms with Crippen LogP contribution in [0.3, 0.4) is 0 Å². The van der Waals surface area contributed by atoms with Gasteiger partial charge in [0, 0.05) is 0 Å². The summed E-state index contributed by atoms with van der Waals surface area (Å²) < 4.78 is 0. The second kappa shape index (κ2) is 8.75. The Morgan fingerprint density at radius 2 is 1.67 bits per heavy atom. The maximum absolute atomic E-state index is 5.62. The van der Waals surface area contributed by atoms with Gasteiger partial charge in [-0.05, 0) is 23.6 Å². The smallest absolute Gasteiger partial charge is 0.152 e. The van der Waals surface area contributed by atoms with Crippen LogP contribution in [0, 0.1) is 0 Å². The van der Waals surface area contributed by atoms with Gasteiger partial charge in [-0.25, -0.2) is 0 Å². The van der Waals surface area contributed by atoms with Crippen LogP contribution >= 0.6 is 0 Å². The normalized spacial score (nSPS) is 12.8. The van der Waals surface area contributed by atoms with Gasteiger partial charge in [0.1, 0.15) is 0 Å². The topological polar surface area (TPSA) is 21.6 Å². The summed E-state index contributed by atoms with van der Waals surface area (Å²) in [5.41, 5.74) is 2.32. The lowest BCUT2D eigenvalue weighted by molar-refractivity contribution is 0.0529. The molecule has 0 spiro atoms. The molecule has 0 radical (unpaired) electrons. The highest BCUT2D eigenvalue weighted by molar-refractivity contribution is 5.77. The Bertz CT molecular complexity index is 561. The largest absolute Gasteiger partial charge is 0.388 e. The molecule has 1 atom stereocenters. The van der Waals surface area contributed by atoms with E-state index >= 15 is 0 Å². The monoisotopic (exact) mass is 279 g/mol. The van der Waals surface area contributed by atoms with Crippen LogP contribution in [0.25, 0.3) is 6.08 Å². The van der Waals surface area contributed by atoms with Gasteiger partial charge in [0.05, 0.1) is 6.21 Å². The lowest BCUT2D eigenvalue weighted by Gasteiger charge is -2.13. The van der Waals surface area contributed by atoms with Crippen molar-refractivity contribution in [2.45, 2.75) is 25.9 Å². The molecule has 0 aliphatic rings. The molecule has 0 saturated heterocycles. The van der Waals surface area contributed by atoms with Crippen molar-refractivity contribution in [2.24, 2.45) is 5.16 Å². The van der Waals surface area contributed by atoms with Crippen molar-refractivity contribution in [3.8, 4) is 0 Å². The molecule has 0 saturated carbocycles. The first-order chi connectivity index (χ1) is 10.4. The van der Waals surface area contributed by atoms with Crippen molar-refractivity contribution in [1.29, 1.82) is 0 Å². The first kappa shape index (κ1) is 15.0. The van der Waals surface area contributed by atoms with E-state index in [4.69, 9.17) is 4.84 Å². The molecule has 2 aromatic rings. The van der Waals surface area contributed by atoms with E-state index in [9.17, 15) is 0 Å². The Morgan fingerprint density at radius 3 is 2.33 bits per heavy atom. The van der Waals surface area contributed by atoms with Gasteiger partial charge in [0.25, 0.3) is 0 Å². The highest BCUT2D eigenvalue weighted by Crippen LogP contribution is 2.22. The number of nitrogens with zero attached hydrogens (tertiary/aromatic N) is 1. The Hall–Kier alpha value is -2.35. The van der Waals surface area contributed by atoms with Gasteiger partial charge in [-0.2, -0.15) is 0 Å². The predicted octanol–water partition coefficient (Wildman–Crippen LogP) is 5.24. The third-order valence-electron chi connectivity index (χ3n) is 3.15. The van der Waals surface area contributed by atoms with Crippen molar-refractivity contribution in [3.05, 3.63) is 77.9 Å². The summed E-state index contributed by atoms with van der Waals surface area (Å²) >= 11 is 0. The molecule has 0 unspecified atom stereocenters. The van der Waals surface area contributed by atoms with E-state index in [2.05, 4.69) is 36.3 Å². The van der Waals surface area contributed by atoms with E-state index in [1.165, 1.54) is 5.56 Å². The highest BCUT2D eigenvalue weighted by Gasteiger charge is 2.10. The zero-order valence-electron chi connectivity index (χ0n) is 12.4. The number of allylic oxidation sites excluding steroid dienone is 1. The molecule has 0 fully saturated rings. The third-order valence-corrected chi connectivity index (χ3v) is 3.15. The summed E-state index contributed by atoms with van der Waals surface area (Å²) in [6.45, 7) is 2.15. The molecule has 0 aromatic heterocycles. The van der Waals surface area contributed by atoms with E-state index < -0.39 is 0 Å². The molecule has 2 nitrogen and oxygen atoms in total. The number of oxime groups is 1. The number of hydrogen-bond donors (Lipinski definition) is 0. The van der Waals surface area contributed by atoms with Gasteiger partial charge in [-0.15, -0.1) is 0 Å². The fourth-order valence-electron chi connectivity index (χ4n) is 2.07. The van der Waals surface area contributed by atoms with Crippen molar-refractivity contribution in [1.82, 2.24) is 0 Å². The standard InChI is InChI=1S/C19H21NO/c1-2-10-19(18-14-7-4-8-15-18)21-20-16-9-13-17-11-5-3-6-12-17/h3-9,11-16,19H,2,10H2,1H3/b13-9+,20-16+/t19-/m0/s1. The molecule has 108 valence electrons. The first-order valence-corrected chi connectivity index (χ1v) is 7.36. The van der Waals surface area contributed by atoms with Crippen molar-refractivity contribution in [2.75, 3.05) is 0 Å². The van der Waals surface area contributed by atoms with Gasteiger partial charge in [-0.3, -0.25) is 0 Å². The Labute approximate surface area is 126 Å². The van der Waals surface area contributed by atoms with Gasteiger partial charge in [-0.1, -0.05) is 85.2 Å². The van der Waals surface area contributed by atoms with Crippen LogP contribution in [0.5, 0.6) is 0 Å². The molecular formula is C19H21NO. The Balaban J connectivity index is 1.90. The molecule has 0 N–H and O–H groups in total. The molecule has 0 aliphatic carbocycles. The molecule has 0 amide bonds. The zero-order chi connectivity index (χ0) is 14.8. The van der Waals surface area contributed by atoms with Gasteiger partial charge in [0.15, 0.2) is 6.10 Å². The average molecular weight is 279 g/mol. The van der Waals surface area contributed by atoms with E-state index in [0.29, 0.717) is 0 Å². The van der Waals surface area contributed by atoms with Crippen LogP contribution < -0.4 is 0 Å². The maximum Gasteiger partial charge on any atom is 0.152 e. The predicted molar refractivity (Wildman–Crippen MR) is 89.1 cm³/mol. The van der Waals surface area contributed by atoms with Crippen LogP contribution in [0.1, 0.15) is 37.0 Å². The third kappa shape index (κ3) is 5.27. The average Bonchev–Trinajstić information content (AvgIpc) is 2.55. The second-order valence-corrected chi connectivity index (χ2v) is 4.82. The second-order valence-electron chi connectivity index (χ2n) is 4.82. The number of rotatable bonds is 7. The number of benzene rings is 2. The lowest BCUT2D eigenvalue weighted by Crippen LogP contribution is -2.00. The number of hydrogen-bond acceptors (Lipinski definition) is 2. The van der Waals surface area contributed by atoms with Crippen LogP contribution in [0.2, 0.25) is 0 Å². The van der Waals surface area contributed by atoms with E-state index in [0.717, 1.165) is 18.4 Å². The molecule has 0 heterocycles. The zero-order valence-corrected chi connectivity index (χ0v) is 12.4. The minimum Gasteiger partial charge on any atom is -0.388 e. The molecule has 2 aromatic carbocycles. The summed E-state index contributed by atoms with van der Waals surface area (Å²) in [4.78, 5) is 5.62. The minimum absolute atomic E-state index is 0.0255. The summed E-state index contributed by atoms with van der Waals surface area (Å²) in [6.07, 6.45) is 7.64. The molecule has 21 heavy (non-hydrogen) atoms. The molecule has 2 rings (SSSR count). The minimum atomic E-state index is 0.0255. The Kier molecular flexibility index (Phi) is 6.27. The van der Waals surface area contributed by atoms with E-state index in [1.54, 1.807) is 6.21 Å². The van der Waals surface area contributed by atoms with Crippen LogP contribution in [-0.2, 0) is 4.84 Å². The molecular weight excluding hydrogens is 258 g/mol.